The van der Waals surface area contributed by atoms with E-state index in [1.807, 2.05) is 0 Å². The van der Waals surface area contributed by atoms with Gasteiger partial charge in [0.1, 0.15) is 6.10 Å². The summed E-state index contributed by atoms with van der Waals surface area (Å²) in [6.07, 6.45) is -0.293. The number of ether oxygens (including phenoxy) is 1. The molecule has 1 rings (SSSR count). The van der Waals surface area contributed by atoms with Crippen LogP contribution in [-0.4, -0.2) is 38.8 Å². The Morgan fingerprint density at radius 1 is 1.80 bits per heavy atom. The fourth-order valence-electron chi connectivity index (χ4n) is 0.895. The Morgan fingerprint density at radius 2 is 2.60 bits per heavy atom. The topological polar surface area (TPSA) is 50.4 Å². The fourth-order valence-corrected chi connectivity index (χ4v) is 0.895. The van der Waals surface area contributed by atoms with Gasteiger partial charge in [0, 0.05) is 20.1 Å². The number of likely N-dealkylation sites (N-methyl/N-ethyl adjacent to an activating group) is 1. The summed E-state index contributed by atoms with van der Waals surface area (Å²) in [4.78, 5) is 10.9. The van der Waals surface area contributed by atoms with Crippen molar-refractivity contribution in [3.8, 4) is 0 Å². The smallest absolute Gasteiger partial charge is 0.250 e. The monoisotopic (exact) mass is 144 g/mol. The minimum absolute atomic E-state index is 0.0489. The summed E-state index contributed by atoms with van der Waals surface area (Å²) in [6.45, 7) is 2.09. The van der Waals surface area contributed by atoms with Gasteiger partial charge in [-0.05, 0) is 0 Å². The molecule has 2 N–H and O–H groups in total. The molecule has 1 fully saturated rings. The molecule has 10 heavy (non-hydrogen) atoms. The first-order valence-corrected chi connectivity index (χ1v) is 3.38. The second-order valence-electron chi connectivity index (χ2n) is 2.18. The SMILES string of the molecule is CNC(=O)[C@@H]1CNCCO1. The van der Waals surface area contributed by atoms with Crippen LogP contribution in [0, 0.1) is 0 Å². The molecule has 1 aliphatic rings. The second kappa shape index (κ2) is 3.53. The van der Waals surface area contributed by atoms with Crippen molar-refractivity contribution in [2.24, 2.45) is 0 Å². The zero-order chi connectivity index (χ0) is 7.40. The molecule has 0 aromatic heterocycles. The molecule has 0 saturated carbocycles. The summed E-state index contributed by atoms with van der Waals surface area (Å²) < 4.78 is 5.16. The average Bonchev–Trinajstić information content (AvgIpc) is 2.05. The molecule has 58 valence electrons. The van der Waals surface area contributed by atoms with Crippen molar-refractivity contribution in [1.29, 1.82) is 0 Å². The summed E-state index contributed by atoms with van der Waals surface area (Å²) in [5, 5.41) is 5.59. The van der Waals surface area contributed by atoms with Crippen LogP contribution in [0.15, 0.2) is 0 Å². The van der Waals surface area contributed by atoms with E-state index in [9.17, 15) is 4.79 Å². The summed E-state index contributed by atoms with van der Waals surface area (Å²) in [5.41, 5.74) is 0. The Hall–Kier alpha value is -0.610. The van der Waals surface area contributed by atoms with Crippen molar-refractivity contribution in [2.75, 3.05) is 26.7 Å². The summed E-state index contributed by atoms with van der Waals surface area (Å²) in [6, 6.07) is 0. The molecule has 0 aromatic rings. The minimum atomic E-state index is -0.293. The van der Waals surface area contributed by atoms with E-state index in [1.54, 1.807) is 7.05 Å². The molecule has 0 spiro atoms. The van der Waals surface area contributed by atoms with Gasteiger partial charge >= 0.3 is 0 Å². The maximum Gasteiger partial charge on any atom is 0.250 e. The van der Waals surface area contributed by atoms with Gasteiger partial charge in [-0.15, -0.1) is 0 Å². The minimum Gasteiger partial charge on any atom is -0.366 e. The van der Waals surface area contributed by atoms with Crippen LogP contribution in [0.4, 0.5) is 0 Å². The summed E-state index contributed by atoms with van der Waals surface area (Å²) >= 11 is 0. The van der Waals surface area contributed by atoms with Crippen LogP contribution >= 0.6 is 0 Å². The largest absolute Gasteiger partial charge is 0.366 e. The number of morpholine rings is 1. The second-order valence-corrected chi connectivity index (χ2v) is 2.18. The number of amides is 1. The molecule has 4 heteroatoms. The highest BCUT2D eigenvalue weighted by Crippen LogP contribution is 1.94. The number of rotatable bonds is 1. The molecule has 4 nitrogen and oxygen atoms in total. The van der Waals surface area contributed by atoms with Gasteiger partial charge in [-0.2, -0.15) is 0 Å². The van der Waals surface area contributed by atoms with E-state index in [2.05, 4.69) is 10.6 Å². The van der Waals surface area contributed by atoms with E-state index in [4.69, 9.17) is 4.74 Å². The van der Waals surface area contributed by atoms with Crippen LogP contribution in [0.25, 0.3) is 0 Å². The molecule has 0 unspecified atom stereocenters. The zero-order valence-electron chi connectivity index (χ0n) is 6.02. The lowest BCUT2D eigenvalue weighted by atomic mass is 10.3. The Labute approximate surface area is 59.9 Å². The average molecular weight is 144 g/mol. The molecule has 0 radical (unpaired) electrons. The van der Waals surface area contributed by atoms with Crippen molar-refractivity contribution in [1.82, 2.24) is 10.6 Å². The quantitative estimate of drug-likeness (QED) is 0.482. The van der Waals surface area contributed by atoms with Crippen LogP contribution < -0.4 is 10.6 Å². The lowest BCUT2D eigenvalue weighted by Gasteiger charge is -2.21. The van der Waals surface area contributed by atoms with Crippen molar-refractivity contribution in [3.05, 3.63) is 0 Å². The van der Waals surface area contributed by atoms with Gasteiger partial charge in [0.2, 0.25) is 5.91 Å². The summed E-state index contributed by atoms with van der Waals surface area (Å²) in [5.74, 6) is -0.0489. The Kier molecular flexibility index (Phi) is 2.65. The van der Waals surface area contributed by atoms with Crippen LogP contribution in [-0.2, 0) is 9.53 Å². The van der Waals surface area contributed by atoms with Crippen molar-refractivity contribution in [3.63, 3.8) is 0 Å². The molecule has 0 aliphatic carbocycles. The van der Waals surface area contributed by atoms with Gasteiger partial charge in [0.25, 0.3) is 0 Å². The third-order valence-corrected chi connectivity index (χ3v) is 1.47. The molecular formula is C6H12N2O2. The van der Waals surface area contributed by atoms with Crippen LogP contribution in [0.5, 0.6) is 0 Å². The number of carbonyl (C=O) groups is 1. The maximum atomic E-state index is 10.9. The third kappa shape index (κ3) is 1.68. The molecule has 1 saturated heterocycles. The Balaban J connectivity index is 2.31. The molecular weight excluding hydrogens is 132 g/mol. The van der Waals surface area contributed by atoms with E-state index in [0.717, 1.165) is 6.54 Å². The molecule has 1 heterocycles. The number of nitrogens with one attached hydrogen (secondary N) is 2. The lowest BCUT2D eigenvalue weighted by molar-refractivity contribution is -0.133. The first-order valence-electron chi connectivity index (χ1n) is 3.38. The molecule has 1 amide bonds. The maximum absolute atomic E-state index is 10.9. The Morgan fingerprint density at radius 3 is 3.10 bits per heavy atom. The predicted octanol–water partition coefficient (Wildman–Crippen LogP) is -1.28. The molecule has 0 aromatic carbocycles. The van der Waals surface area contributed by atoms with Gasteiger partial charge in [-0.25, -0.2) is 0 Å². The van der Waals surface area contributed by atoms with Crippen LogP contribution in [0.2, 0.25) is 0 Å². The summed E-state index contributed by atoms with van der Waals surface area (Å²) in [7, 11) is 1.61. The van der Waals surface area contributed by atoms with E-state index >= 15 is 0 Å². The van der Waals surface area contributed by atoms with Gasteiger partial charge in [-0.1, -0.05) is 0 Å². The zero-order valence-corrected chi connectivity index (χ0v) is 6.02. The molecule has 1 atom stereocenters. The first kappa shape index (κ1) is 7.50. The predicted molar refractivity (Wildman–Crippen MR) is 36.7 cm³/mol. The van der Waals surface area contributed by atoms with Crippen molar-refractivity contribution < 1.29 is 9.53 Å². The molecule has 1 aliphatic heterocycles. The number of carbonyl (C=O) groups excluding carboxylic acids is 1. The van der Waals surface area contributed by atoms with E-state index < -0.39 is 0 Å². The van der Waals surface area contributed by atoms with Crippen LogP contribution in [0.1, 0.15) is 0 Å². The third-order valence-electron chi connectivity index (χ3n) is 1.47. The Bertz CT molecular complexity index is 121. The van der Waals surface area contributed by atoms with Gasteiger partial charge in [0.15, 0.2) is 0 Å². The van der Waals surface area contributed by atoms with Gasteiger partial charge < -0.3 is 15.4 Å². The number of hydrogen-bond acceptors (Lipinski definition) is 3. The van der Waals surface area contributed by atoms with Crippen molar-refractivity contribution in [2.45, 2.75) is 6.10 Å². The van der Waals surface area contributed by atoms with E-state index in [0.29, 0.717) is 13.2 Å². The van der Waals surface area contributed by atoms with E-state index in [1.165, 1.54) is 0 Å². The number of hydrogen-bond donors (Lipinski definition) is 2. The fraction of sp³-hybridized carbons (Fsp3) is 0.833. The van der Waals surface area contributed by atoms with Gasteiger partial charge in [0.05, 0.1) is 6.61 Å². The normalized spacial score (nSPS) is 25.9. The highest BCUT2D eigenvalue weighted by atomic mass is 16.5. The van der Waals surface area contributed by atoms with Crippen molar-refractivity contribution >= 4 is 5.91 Å². The van der Waals surface area contributed by atoms with Crippen LogP contribution in [0.3, 0.4) is 0 Å². The first-order chi connectivity index (χ1) is 4.84. The standard InChI is InChI=1S/C6H12N2O2/c1-7-6(9)5-4-8-2-3-10-5/h5,8H,2-4H2,1H3,(H,7,9)/t5-/m0/s1. The lowest BCUT2D eigenvalue weighted by Crippen LogP contribution is -2.46. The highest BCUT2D eigenvalue weighted by Gasteiger charge is 2.19. The van der Waals surface area contributed by atoms with E-state index in [-0.39, 0.29) is 12.0 Å². The highest BCUT2D eigenvalue weighted by molar-refractivity contribution is 5.80. The van der Waals surface area contributed by atoms with Gasteiger partial charge in [-0.3, -0.25) is 4.79 Å². The molecule has 0 bridgehead atoms.